The second-order valence-electron chi connectivity index (χ2n) is 5.49. The first-order valence-corrected chi connectivity index (χ1v) is 9.04. The van der Waals surface area contributed by atoms with E-state index in [0.29, 0.717) is 12.1 Å². The van der Waals surface area contributed by atoms with Gasteiger partial charge in [0.2, 0.25) is 10.0 Å². The molecule has 22 heavy (non-hydrogen) atoms. The van der Waals surface area contributed by atoms with E-state index in [4.69, 9.17) is 0 Å². The normalized spacial score (nSPS) is 18.9. The number of piperidine rings is 1. The molecule has 2 rings (SSSR count). The van der Waals surface area contributed by atoms with Gasteiger partial charge in [-0.2, -0.15) is 0 Å². The second kappa shape index (κ2) is 7.21. The van der Waals surface area contributed by atoms with Crippen molar-refractivity contribution in [3.8, 4) is 0 Å². The molecule has 1 saturated heterocycles. The van der Waals surface area contributed by atoms with Gasteiger partial charge in [-0.3, -0.25) is 4.79 Å². The van der Waals surface area contributed by atoms with Crippen LogP contribution in [0.15, 0.2) is 23.1 Å². The van der Waals surface area contributed by atoms with Crippen LogP contribution in [0.1, 0.15) is 35.7 Å². The van der Waals surface area contributed by atoms with Gasteiger partial charge in [0, 0.05) is 24.7 Å². The number of hydrogen-bond donors (Lipinski definition) is 3. The molecule has 0 bridgehead atoms. The van der Waals surface area contributed by atoms with Crippen molar-refractivity contribution in [2.45, 2.75) is 37.6 Å². The largest absolute Gasteiger partial charge is 0.348 e. The average molecular weight is 325 g/mol. The Kier molecular flexibility index (Phi) is 5.55. The van der Waals surface area contributed by atoms with E-state index in [-0.39, 0.29) is 16.8 Å². The lowest BCUT2D eigenvalue weighted by atomic mass is 10.1. The number of amides is 1. The van der Waals surface area contributed by atoms with Crippen molar-refractivity contribution in [2.24, 2.45) is 0 Å². The van der Waals surface area contributed by atoms with Gasteiger partial charge in [-0.25, -0.2) is 13.1 Å². The molecule has 0 saturated carbocycles. The van der Waals surface area contributed by atoms with Crippen molar-refractivity contribution >= 4 is 15.9 Å². The minimum atomic E-state index is -3.56. The minimum Gasteiger partial charge on any atom is -0.348 e. The quantitative estimate of drug-likeness (QED) is 0.746. The lowest BCUT2D eigenvalue weighted by molar-refractivity contribution is 0.0930. The maximum atomic E-state index is 12.4. The first-order valence-electron chi connectivity index (χ1n) is 7.56. The van der Waals surface area contributed by atoms with Gasteiger partial charge in [0.1, 0.15) is 0 Å². The molecule has 1 atom stereocenters. The maximum Gasteiger partial charge on any atom is 0.251 e. The molecular formula is C15H23N3O3S. The van der Waals surface area contributed by atoms with Crippen LogP contribution in [0.5, 0.6) is 0 Å². The number of rotatable bonds is 5. The fourth-order valence-electron chi connectivity index (χ4n) is 2.52. The summed E-state index contributed by atoms with van der Waals surface area (Å²) < 4.78 is 26.5. The number of sulfonamides is 1. The highest BCUT2D eigenvalue weighted by Gasteiger charge is 2.20. The summed E-state index contributed by atoms with van der Waals surface area (Å²) in [6.07, 6.45) is 1.96. The molecule has 0 spiro atoms. The highest BCUT2D eigenvalue weighted by Crippen LogP contribution is 2.16. The van der Waals surface area contributed by atoms with Gasteiger partial charge < -0.3 is 10.6 Å². The molecule has 0 radical (unpaired) electrons. The third-order valence-electron chi connectivity index (χ3n) is 3.73. The minimum absolute atomic E-state index is 0.0923. The summed E-state index contributed by atoms with van der Waals surface area (Å²) in [4.78, 5) is 12.5. The number of carbonyl (C=O) groups excluding carboxylic acids is 1. The molecule has 1 aromatic carbocycles. The SMILES string of the molecule is CCNS(=O)(=O)c1ccc(C)c(C(=O)N[C@H]2CCCNC2)c1. The highest BCUT2D eigenvalue weighted by molar-refractivity contribution is 7.89. The Morgan fingerprint density at radius 1 is 1.41 bits per heavy atom. The zero-order valence-electron chi connectivity index (χ0n) is 13.0. The van der Waals surface area contributed by atoms with Crippen molar-refractivity contribution < 1.29 is 13.2 Å². The Labute approximate surface area is 131 Å². The summed E-state index contributed by atoms with van der Waals surface area (Å²) in [7, 11) is -3.56. The van der Waals surface area contributed by atoms with E-state index >= 15 is 0 Å². The number of nitrogens with one attached hydrogen (secondary N) is 3. The fraction of sp³-hybridized carbons (Fsp3) is 0.533. The Morgan fingerprint density at radius 2 is 2.18 bits per heavy atom. The highest BCUT2D eigenvalue weighted by atomic mass is 32.2. The summed E-state index contributed by atoms with van der Waals surface area (Å²) in [5, 5.41) is 6.21. The summed E-state index contributed by atoms with van der Waals surface area (Å²) in [5.74, 6) is -0.222. The first kappa shape index (κ1) is 16.9. The lowest BCUT2D eigenvalue weighted by Crippen LogP contribution is -2.45. The average Bonchev–Trinajstić information content (AvgIpc) is 2.48. The molecule has 1 fully saturated rings. The van der Waals surface area contributed by atoms with Gasteiger partial charge in [0.05, 0.1) is 4.90 Å². The molecule has 0 unspecified atom stereocenters. The van der Waals surface area contributed by atoms with Gasteiger partial charge in [-0.15, -0.1) is 0 Å². The van der Waals surface area contributed by atoms with Crippen LogP contribution in [0.25, 0.3) is 0 Å². The summed E-state index contributed by atoms with van der Waals surface area (Å²) >= 11 is 0. The maximum absolute atomic E-state index is 12.4. The van der Waals surface area contributed by atoms with Crippen LogP contribution in [0.4, 0.5) is 0 Å². The Bertz CT molecular complexity index is 637. The van der Waals surface area contributed by atoms with E-state index < -0.39 is 10.0 Å². The molecule has 122 valence electrons. The van der Waals surface area contributed by atoms with Gasteiger partial charge in [0.15, 0.2) is 0 Å². The van der Waals surface area contributed by atoms with Crippen LogP contribution < -0.4 is 15.4 Å². The molecule has 1 amide bonds. The molecule has 1 aromatic rings. The summed E-state index contributed by atoms with van der Waals surface area (Å²) in [6.45, 7) is 5.56. The number of hydrogen-bond acceptors (Lipinski definition) is 4. The molecule has 3 N–H and O–H groups in total. The standard InChI is InChI=1S/C15H23N3O3S/c1-3-17-22(20,21)13-7-6-11(2)14(9-13)15(19)18-12-5-4-8-16-10-12/h6-7,9,12,16-17H,3-5,8,10H2,1-2H3,(H,18,19)/t12-/m0/s1. The molecule has 0 aromatic heterocycles. The van der Waals surface area contributed by atoms with Crippen molar-refractivity contribution in [3.63, 3.8) is 0 Å². The molecule has 7 heteroatoms. The van der Waals surface area contributed by atoms with Gasteiger partial charge in [0.25, 0.3) is 5.91 Å². The van der Waals surface area contributed by atoms with Crippen LogP contribution in [-0.2, 0) is 10.0 Å². The van der Waals surface area contributed by atoms with E-state index in [1.807, 2.05) is 0 Å². The lowest BCUT2D eigenvalue weighted by Gasteiger charge is -2.24. The van der Waals surface area contributed by atoms with Crippen molar-refractivity contribution in [1.29, 1.82) is 0 Å². The third-order valence-corrected chi connectivity index (χ3v) is 5.27. The molecule has 1 aliphatic rings. The van der Waals surface area contributed by atoms with E-state index in [0.717, 1.165) is 31.5 Å². The molecule has 6 nitrogen and oxygen atoms in total. The van der Waals surface area contributed by atoms with Crippen LogP contribution in [0.2, 0.25) is 0 Å². The predicted molar refractivity (Wildman–Crippen MR) is 85.4 cm³/mol. The van der Waals surface area contributed by atoms with E-state index in [1.165, 1.54) is 12.1 Å². The van der Waals surface area contributed by atoms with Crippen molar-refractivity contribution in [2.75, 3.05) is 19.6 Å². The fourth-order valence-corrected chi connectivity index (χ4v) is 3.59. The van der Waals surface area contributed by atoms with Crippen LogP contribution in [-0.4, -0.2) is 40.0 Å². The number of aryl methyl sites for hydroxylation is 1. The molecular weight excluding hydrogens is 302 g/mol. The molecule has 1 heterocycles. The van der Waals surface area contributed by atoms with Crippen molar-refractivity contribution in [1.82, 2.24) is 15.4 Å². The van der Waals surface area contributed by atoms with E-state index in [1.54, 1.807) is 19.9 Å². The van der Waals surface area contributed by atoms with Gasteiger partial charge in [-0.05, 0) is 44.0 Å². The Balaban J connectivity index is 2.20. The number of benzene rings is 1. The Morgan fingerprint density at radius 3 is 2.82 bits per heavy atom. The van der Waals surface area contributed by atoms with Gasteiger partial charge >= 0.3 is 0 Å². The molecule has 1 aliphatic heterocycles. The number of carbonyl (C=O) groups is 1. The first-order chi connectivity index (χ1) is 10.4. The van der Waals surface area contributed by atoms with Crippen molar-refractivity contribution in [3.05, 3.63) is 29.3 Å². The molecule has 0 aliphatic carbocycles. The van der Waals surface area contributed by atoms with Gasteiger partial charge in [-0.1, -0.05) is 13.0 Å². The van der Waals surface area contributed by atoms with Crippen LogP contribution in [0, 0.1) is 6.92 Å². The van der Waals surface area contributed by atoms with Crippen LogP contribution in [0.3, 0.4) is 0 Å². The van der Waals surface area contributed by atoms with Crippen LogP contribution >= 0.6 is 0 Å². The summed E-state index contributed by atoms with van der Waals surface area (Å²) in [5.41, 5.74) is 1.17. The zero-order chi connectivity index (χ0) is 16.2. The smallest absolute Gasteiger partial charge is 0.251 e. The topological polar surface area (TPSA) is 87.3 Å². The van der Waals surface area contributed by atoms with E-state index in [2.05, 4.69) is 15.4 Å². The Hall–Kier alpha value is -1.44. The summed E-state index contributed by atoms with van der Waals surface area (Å²) in [6, 6.07) is 4.72. The monoisotopic (exact) mass is 325 g/mol. The van der Waals surface area contributed by atoms with E-state index in [9.17, 15) is 13.2 Å². The second-order valence-corrected chi connectivity index (χ2v) is 7.26. The zero-order valence-corrected chi connectivity index (χ0v) is 13.8. The third kappa shape index (κ3) is 4.06. The predicted octanol–water partition coefficient (Wildman–Crippen LogP) is 0.775.